The van der Waals surface area contributed by atoms with Crippen LogP contribution in [0.25, 0.3) is 0 Å². The number of anilines is 1. The van der Waals surface area contributed by atoms with E-state index in [1.165, 1.54) is 0 Å². The van der Waals surface area contributed by atoms with E-state index >= 15 is 0 Å². The number of nitrogens with zero attached hydrogens (tertiary/aromatic N) is 5. The lowest BCUT2D eigenvalue weighted by Crippen LogP contribution is -2.18. The van der Waals surface area contributed by atoms with Gasteiger partial charge in [-0.15, -0.1) is 5.10 Å². The van der Waals surface area contributed by atoms with Gasteiger partial charge in [0.2, 0.25) is 0 Å². The number of benzene rings is 1. The van der Waals surface area contributed by atoms with E-state index in [0.717, 1.165) is 11.3 Å². The molecule has 1 aromatic carbocycles. The molecule has 0 spiro atoms. The second kappa shape index (κ2) is 7.71. The summed E-state index contributed by atoms with van der Waals surface area (Å²) >= 11 is 0. The Morgan fingerprint density at radius 3 is 2.92 bits per heavy atom. The molecule has 25 heavy (non-hydrogen) atoms. The Labute approximate surface area is 145 Å². The minimum atomic E-state index is -0.206. The Morgan fingerprint density at radius 1 is 1.32 bits per heavy atom. The molecule has 0 aliphatic carbocycles. The van der Waals surface area contributed by atoms with Crippen LogP contribution in [0, 0.1) is 0 Å². The number of nitrogens with one attached hydrogen (secondary N) is 1. The van der Waals surface area contributed by atoms with E-state index in [9.17, 15) is 4.79 Å². The summed E-state index contributed by atoms with van der Waals surface area (Å²) in [5.41, 5.74) is 1.61. The molecule has 3 rings (SSSR count). The molecule has 0 radical (unpaired) electrons. The predicted octanol–water partition coefficient (Wildman–Crippen LogP) is 2.17. The third kappa shape index (κ3) is 4.51. The lowest BCUT2D eigenvalue weighted by Gasteiger charge is -2.15. The number of hydrogen-bond acceptors (Lipinski definition) is 6. The van der Waals surface area contributed by atoms with Crippen LogP contribution in [-0.2, 0) is 19.6 Å². The molecule has 0 bridgehead atoms. The maximum atomic E-state index is 12.4. The average molecular weight is 340 g/mol. The van der Waals surface area contributed by atoms with E-state index in [-0.39, 0.29) is 5.91 Å². The second-order valence-electron chi connectivity index (χ2n) is 5.77. The highest BCUT2D eigenvalue weighted by Crippen LogP contribution is 2.12. The van der Waals surface area contributed by atoms with Crippen LogP contribution < -0.4 is 5.32 Å². The SMILES string of the molecule is CCn1cc(NC(=O)c2cccc(CN(C)Cc3ccno3)c2)nn1. The quantitative estimate of drug-likeness (QED) is 0.709. The monoisotopic (exact) mass is 340 g/mol. The number of rotatable bonds is 7. The Kier molecular flexibility index (Phi) is 5.20. The largest absolute Gasteiger partial charge is 0.360 e. The van der Waals surface area contributed by atoms with Crippen molar-refractivity contribution in [3.05, 3.63) is 59.6 Å². The van der Waals surface area contributed by atoms with Crippen LogP contribution in [0.1, 0.15) is 28.6 Å². The van der Waals surface area contributed by atoms with Crippen LogP contribution in [0.2, 0.25) is 0 Å². The fraction of sp³-hybridized carbons (Fsp3) is 0.294. The van der Waals surface area contributed by atoms with E-state index in [2.05, 4.69) is 25.7 Å². The molecular formula is C17H20N6O2. The highest BCUT2D eigenvalue weighted by atomic mass is 16.5. The van der Waals surface area contributed by atoms with Crippen molar-refractivity contribution in [1.29, 1.82) is 0 Å². The van der Waals surface area contributed by atoms with E-state index in [0.29, 0.717) is 31.0 Å². The Hall–Kier alpha value is -3.00. The van der Waals surface area contributed by atoms with Crippen LogP contribution in [-0.4, -0.2) is 38.0 Å². The minimum Gasteiger partial charge on any atom is -0.360 e. The van der Waals surface area contributed by atoms with E-state index in [1.807, 2.05) is 38.2 Å². The summed E-state index contributed by atoms with van der Waals surface area (Å²) in [5.74, 6) is 1.04. The standard InChI is InChI=1S/C17H20N6O2/c1-3-23-12-16(20-21-23)19-17(24)14-6-4-5-13(9-14)10-22(2)11-15-7-8-18-25-15/h4-9,12H,3,10-11H2,1-2H3,(H,19,24). The highest BCUT2D eigenvalue weighted by Gasteiger charge is 2.10. The highest BCUT2D eigenvalue weighted by molar-refractivity contribution is 6.03. The van der Waals surface area contributed by atoms with Gasteiger partial charge in [-0.3, -0.25) is 14.4 Å². The van der Waals surface area contributed by atoms with Crippen LogP contribution in [0.5, 0.6) is 0 Å². The summed E-state index contributed by atoms with van der Waals surface area (Å²) in [4.78, 5) is 14.5. The first-order valence-corrected chi connectivity index (χ1v) is 8.02. The van der Waals surface area contributed by atoms with Gasteiger partial charge in [0, 0.05) is 24.7 Å². The lowest BCUT2D eigenvalue weighted by atomic mass is 10.1. The second-order valence-corrected chi connectivity index (χ2v) is 5.77. The maximum Gasteiger partial charge on any atom is 0.256 e. The molecule has 0 fully saturated rings. The fourth-order valence-corrected chi connectivity index (χ4v) is 2.47. The molecule has 1 N–H and O–H groups in total. The van der Waals surface area contributed by atoms with Gasteiger partial charge in [-0.1, -0.05) is 22.5 Å². The van der Waals surface area contributed by atoms with Gasteiger partial charge in [-0.2, -0.15) is 0 Å². The molecule has 0 atom stereocenters. The average Bonchev–Trinajstić information content (AvgIpc) is 3.26. The summed E-state index contributed by atoms with van der Waals surface area (Å²) < 4.78 is 6.77. The molecule has 0 aliphatic rings. The summed E-state index contributed by atoms with van der Waals surface area (Å²) in [6.07, 6.45) is 3.33. The van der Waals surface area contributed by atoms with Crippen LogP contribution in [0.3, 0.4) is 0 Å². The smallest absolute Gasteiger partial charge is 0.256 e. The lowest BCUT2D eigenvalue weighted by molar-refractivity contribution is 0.102. The van der Waals surface area contributed by atoms with Gasteiger partial charge >= 0.3 is 0 Å². The first-order chi connectivity index (χ1) is 12.1. The van der Waals surface area contributed by atoms with Gasteiger partial charge in [0.25, 0.3) is 5.91 Å². The van der Waals surface area contributed by atoms with Crippen molar-refractivity contribution >= 4 is 11.7 Å². The number of carbonyl (C=O) groups is 1. The Balaban J connectivity index is 1.62. The van der Waals surface area contributed by atoms with Crippen molar-refractivity contribution < 1.29 is 9.32 Å². The normalized spacial score (nSPS) is 11.0. The van der Waals surface area contributed by atoms with Crippen molar-refractivity contribution in [2.45, 2.75) is 26.6 Å². The number of hydrogen-bond donors (Lipinski definition) is 1. The summed E-state index contributed by atoms with van der Waals surface area (Å²) in [5, 5.41) is 14.3. The zero-order chi connectivity index (χ0) is 17.6. The number of aromatic nitrogens is 4. The van der Waals surface area contributed by atoms with Crippen molar-refractivity contribution in [3.63, 3.8) is 0 Å². The van der Waals surface area contributed by atoms with Crippen molar-refractivity contribution in [2.75, 3.05) is 12.4 Å². The molecule has 0 aliphatic heterocycles. The first-order valence-electron chi connectivity index (χ1n) is 8.02. The van der Waals surface area contributed by atoms with Gasteiger partial charge in [0.05, 0.1) is 18.9 Å². The number of carbonyl (C=O) groups excluding carboxylic acids is 1. The molecule has 8 nitrogen and oxygen atoms in total. The maximum absolute atomic E-state index is 12.4. The molecular weight excluding hydrogens is 320 g/mol. The van der Waals surface area contributed by atoms with Crippen LogP contribution >= 0.6 is 0 Å². The third-order valence-electron chi connectivity index (χ3n) is 3.66. The van der Waals surface area contributed by atoms with E-state index in [1.54, 1.807) is 23.1 Å². The summed E-state index contributed by atoms with van der Waals surface area (Å²) in [7, 11) is 1.98. The Morgan fingerprint density at radius 2 is 2.20 bits per heavy atom. The molecule has 130 valence electrons. The summed E-state index contributed by atoms with van der Waals surface area (Å²) in [6, 6.07) is 9.34. The zero-order valence-electron chi connectivity index (χ0n) is 14.2. The van der Waals surface area contributed by atoms with Crippen molar-refractivity contribution in [2.24, 2.45) is 0 Å². The van der Waals surface area contributed by atoms with E-state index < -0.39 is 0 Å². The summed E-state index contributed by atoms with van der Waals surface area (Å²) in [6.45, 7) is 4.00. The molecule has 0 saturated carbocycles. The molecule has 8 heteroatoms. The molecule has 2 aromatic heterocycles. The molecule has 3 aromatic rings. The number of amides is 1. The van der Waals surface area contributed by atoms with Crippen molar-refractivity contribution in [1.82, 2.24) is 25.1 Å². The minimum absolute atomic E-state index is 0.206. The van der Waals surface area contributed by atoms with Crippen LogP contribution in [0.4, 0.5) is 5.82 Å². The molecule has 2 heterocycles. The topological polar surface area (TPSA) is 89.1 Å². The van der Waals surface area contributed by atoms with Gasteiger partial charge in [0.1, 0.15) is 0 Å². The molecule has 0 unspecified atom stereocenters. The van der Waals surface area contributed by atoms with E-state index in [4.69, 9.17) is 4.52 Å². The Bertz CT molecular complexity index is 827. The van der Waals surface area contributed by atoms with Crippen molar-refractivity contribution in [3.8, 4) is 0 Å². The predicted molar refractivity (Wildman–Crippen MR) is 91.8 cm³/mol. The first kappa shape index (κ1) is 16.8. The van der Waals surface area contributed by atoms with Gasteiger partial charge in [0.15, 0.2) is 11.6 Å². The zero-order valence-corrected chi connectivity index (χ0v) is 14.2. The third-order valence-corrected chi connectivity index (χ3v) is 3.66. The molecule has 1 amide bonds. The van der Waals surface area contributed by atoms with Crippen LogP contribution in [0.15, 0.2) is 47.2 Å². The van der Waals surface area contributed by atoms with Gasteiger partial charge in [-0.05, 0) is 31.7 Å². The molecule has 0 saturated heterocycles. The number of aryl methyl sites for hydroxylation is 1. The fourth-order valence-electron chi connectivity index (χ4n) is 2.47. The van der Waals surface area contributed by atoms with Gasteiger partial charge in [-0.25, -0.2) is 0 Å². The van der Waals surface area contributed by atoms with Gasteiger partial charge < -0.3 is 9.84 Å².